The highest BCUT2D eigenvalue weighted by molar-refractivity contribution is 5.75. The summed E-state index contributed by atoms with van der Waals surface area (Å²) in [6.07, 6.45) is 4.95. The highest BCUT2D eigenvalue weighted by Gasteiger charge is 2.26. The molecule has 1 aliphatic rings. The second-order valence-corrected chi connectivity index (χ2v) is 7.31. The van der Waals surface area contributed by atoms with Gasteiger partial charge in [-0.25, -0.2) is 4.79 Å². The van der Waals surface area contributed by atoms with Crippen LogP contribution in [-0.4, -0.2) is 37.8 Å². The number of anilines is 1. The fourth-order valence-corrected chi connectivity index (χ4v) is 3.81. The maximum absolute atomic E-state index is 13.3. The van der Waals surface area contributed by atoms with Gasteiger partial charge in [-0.1, -0.05) is 5.92 Å². The first kappa shape index (κ1) is 19.1. The zero-order chi connectivity index (χ0) is 20.5. The normalized spacial score (nSPS) is 16.8. The lowest BCUT2D eigenvalue weighted by Gasteiger charge is -2.31. The molecular formula is C20H24N6O3. The Morgan fingerprint density at radius 2 is 2.17 bits per heavy atom. The summed E-state index contributed by atoms with van der Waals surface area (Å²) in [6.45, 7) is 3.65. The third-order valence-electron chi connectivity index (χ3n) is 5.29. The van der Waals surface area contributed by atoms with E-state index in [0.717, 1.165) is 24.9 Å². The SMILES string of the molecule is CC#CCn1c(N2CCC[C@@H](N)C2)nc2c1c(=O)n(Cc1ccoc1)c(=O)n2C. The van der Waals surface area contributed by atoms with Crippen molar-refractivity contribution in [2.75, 3.05) is 18.0 Å². The quantitative estimate of drug-likeness (QED) is 0.644. The highest BCUT2D eigenvalue weighted by Crippen LogP contribution is 2.22. The van der Waals surface area contributed by atoms with Gasteiger partial charge in [0.15, 0.2) is 11.2 Å². The summed E-state index contributed by atoms with van der Waals surface area (Å²) in [5.74, 6) is 6.53. The number of hydrogen-bond donors (Lipinski definition) is 1. The Labute approximate surface area is 167 Å². The molecule has 0 saturated carbocycles. The third-order valence-corrected chi connectivity index (χ3v) is 5.29. The lowest BCUT2D eigenvalue weighted by Crippen LogP contribution is -2.44. The van der Waals surface area contributed by atoms with Gasteiger partial charge >= 0.3 is 5.69 Å². The molecule has 1 aliphatic heterocycles. The molecule has 0 aliphatic carbocycles. The molecule has 0 spiro atoms. The maximum Gasteiger partial charge on any atom is 0.332 e. The van der Waals surface area contributed by atoms with Gasteiger partial charge in [0.1, 0.15) is 0 Å². The van der Waals surface area contributed by atoms with E-state index in [1.54, 1.807) is 24.6 Å². The van der Waals surface area contributed by atoms with Crippen molar-refractivity contribution in [3.8, 4) is 11.8 Å². The van der Waals surface area contributed by atoms with E-state index < -0.39 is 5.69 Å². The van der Waals surface area contributed by atoms with Crippen LogP contribution in [0, 0.1) is 11.8 Å². The van der Waals surface area contributed by atoms with Gasteiger partial charge in [0.2, 0.25) is 5.95 Å². The molecule has 1 saturated heterocycles. The third kappa shape index (κ3) is 3.36. The molecule has 152 valence electrons. The van der Waals surface area contributed by atoms with Crippen LogP contribution in [0.4, 0.5) is 5.95 Å². The van der Waals surface area contributed by atoms with Crippen LogP contribution >= 0.6 is 0 Å². The molecule has 9 heteroatoms. The predicted molar refractivity (Wildman–Crippen MR) is 110 cm³/mol. The van der Waals surface area contributed by atoms with Crippen LogP contribution in [-0.2, 0) is 20.1 Å². The average molecular weight is 396 g/mol. The number of hydrogen-bond acceptors (Lipinski definition) is 6. The standard InChI is InChI=1S/C20H24N6O3/c1-3-4-9-25-16-17(22-19(25)24-8-5-6-15(21)12-24)23(2)20(28)26(18(16)27)11-14-7-10-29-13-14/h7,10,13,15H,5-6,8-9,11-12,21H2,1-2H3/t15-/m1/s1. The number of imidazole rings is 1. The van der Waals surface area contributed by atoms with Crippen molar-refractivity contribution in [2.24, 2.45) is 12.8 Å². The van der Waals surface area contributed by atoms with E-state index in [1.807, 2.05) is 0 Å². The van der Waals surface area contributed by atoms with Crippen LogP contribution in [0.15, 0.2) is 32.6 Å². The fourth-order valence-electron chi connectivity index (χ4n) is 3.81. The van der Waals surface area contributed by atoms with Crippen molar-refractivity contribution in [1.82, 2.24) is 18.7 Å². The van der Waals surface area contributed by atoms with Crippen molar-refractivity contribution in [3.05, 3.63) is 45.0 Å². The Balaban J connectivity index is 1.94. The minimum absolute atomic E-state index is 0.0517. The molecule has 4 heterocycles. The Bertz CT molecular complexity index is 1210. The lowest BCUT2D eigenvalue weighted by molar-refractivity contribution is 0.496. The van der Waals surface area contributed by atoms with E-state index in [1.165, 1.54) is 21.7 Å². The Hall–Kier alpha value is -3.25. The minimum Gasteiger partial charge on any atom is -0.472 e. The van der Waals surface area contributed by atoms with Crippen molar-refractivity contribution < 1.29 is 4.42 Å². The molecule has 3 aromatic heterocycles. The van der Waals surface area contributed by atoms with Crippen LogP contribution in [0.2, 0.25) is 0 Å². The Morgan fingerprint density at radius 3 is 2.86 bits per heavy atom. The van der Waals surface area contributed by atoms with Gasteiger partial charge in [-0.2, -0.15) is 4.98 Å². The number of aromatic nitrogens is 4. The number of nitrogens with two attached hydrogens (primary N) is 1. The summed E-state index contributed by atoms with van der Waals surface area (Å²) in [4.78, 5) is 33.0. The van der Waals surface area contributed by atoms with Crippen molar-refractivity contribution in [3.63, 3.8) is 0 Å². The van der Waals surface area contributed by atoms with Crippen LogP contribution in [0.3, 0.4) is 0 Å². The Morgan fingerprint density at radius 1 is 1.34 bits per heavy atom. The molecule has 4 rings (SSSR count). The molecule has 9 nitrogen and oxygen atoms in total. The van der Waals surface area contributed by atoms with Gasteiger partial charge in [-0.3, -0.25) is 18.5 Å². The van der Waals surface area contributed by atoms with Crippen molar-refractivity contribution >= 4 is 17.1 Å². The summed E-state index contributed by atoms with van der Waals surface area (Å²) < 4.78 is 9.50. The summed E-state index contributed by atoms with van der Waals surface area (Å²) in [5, 5.41) is 0. The van der Waals surface area contributed by atoms with E-state index in [4.69, 9.17) is 10.2 Å². The predicted octanol–water partition coefficient (Wildman–Crippen LogP) is 0.489. The van der Waals surface area contributed by atoms with Gasteiger partial charge in [-0.15, -0.1) is 5.92 Å². The van der Waals surface area contributed by atoms with Crippen molar-refractivity contribution in [2.45, 2.75) is 38.9 Å². The number of nitrogens with zero attached hydrogens (tertiary/aromatic N) is 5. The smallest absolute Gasteiger partial charge is 0.332 e. The summed E-state index contributed by atoms with van der Waals surface area (Å²) >= 11 is 0. The Kier molecular flexibility index (Phi) is 5.03. The minimum atomic E-state index is -0.420. The first-order valence-electron chi connectivity index (χ1n) is 9.62. The van der Waals surface area contributed by atoms with Gasteiger partial charge in [0.05, 0.1) is 25.6 Å². The monoisotopic (exact) mass is 396 g/mol. The second kappa shape index (κ2) is 7.64. The molecule has 1 atom stereocenters. The molecule has 0 amide bonds. The molecule has 0 bridgehead atoms. The maximum atomic E-state index is 13.3. The number of furan rings is 1. The first-order valence-corrected chi connectivity index (χ1v) is 9.62. The number of fused-ring (bicyclic) bond motifs is 1. The second-order valence-electron chi connectivity index (χ2n) is 7.31. The molecule has 3 aromatic rings. The van der Waals surface area contributed by atoms with Gasteiger partial charge in [0, 0.05) is 31.7 Å². The average Bonchev–Trinajstić information content (AvgIpc) is 3.36. The number of rotatable bonds is 4. The summed E-state index contributed by atoms with van der Waals surface area (Å²) in [5.41, 5.74) is 6.81. The molecule has 0 radical (unpaired) electrons. The zero-order valence-electron chi connectivity index (χ0n) is 16.6. The van der Waals surface area contributed by atoms with Crippen LogP contribution in [0.1, 0.15) is 25.3 Å². The molecule has 1 fully saturated rings. The van der Waals surface area contributed by atoms with E-state index in [0.29, 0.717) is 30.2 Å². The topological polar surface area (TPSA) is 104 Å². The largest absolute Gasteiger partial charge is 0.472 e. The number of aryl methyl sites for hydroxylation is 1. The molecule has 29 heavy (non-hydrogen) atoms. The number of piperidine rings is 1. The molecule has 2 N–H and O–H groups in total. The highest BCUT2D eigenvalue weighted by atomic mass is 16.3. The summed E-state index contributed by atoms with van der Waals surface area (Å²) in [6, 6.07) is 1.78. The van der Waals surface area contributed by atoms with Gasteiger partial charge in [0.25, 0.3) is 5.56 Å². The fraction of sp³-hybridized carbons (Fsp3) is 0.450. The van der Waals surface area contributed by atoms with Crippen LogP contribution in [0.5, 0.6) is 0 Å². The molecule has 0 unspecified atom stereocenters. The van der Waals surface area contributed by atoms with E-state index in [9.17, 15) is 9.59 Å². The van der Waals surface area contributed by atoms with Crippen LogP contribution < -0.4 is 21.9 Å². The summed E-state index contributed by atoms with van der Waals surface area (Å²) in [7, 11) is 1.63. The van der Waals surface area contributed by atoms with Crippen LogP contribution in [0.25, 0.3) is 11.2 Å². The van der Waals surface area contributed by atoms with E-state index in [2.05, 4.69) is 21.7 Å². The molecular weight excluding hydrogens is 372 g/mol. The van der Waals surface area contributed by atoms with Gasteiger partial charge in [-0.05, 0) is 25.8 Å². The van der Waals surface area contributed by atoms with E-state index >= 15 is 0 Å². The molecule has 0 aromatic carbocycles. The zero-order valence-corrected chi connectivity index (χ0v) is 16.6. The van der Waals surface area contributed by atoms with Gasteiger partial charge < -0.3 is 15.1 Å². The first-order chi connectivity index (χ1) is 14.0. The lowest BCUT2D eigenvalue weighted by atomic mass is 10.1. The van der Waals surface area contributed by atoms with E-state index in [-0.39, 0.29) is 18.1 Å². The van der Waals surface area contributed by atoms with Crippen molar-refractivity contribution in [1.29, 1.82) is 0 Å².